The van der Waals surface area contributed by atoms with Gasteiger partial charge >= 0.3 is 5.97 Å². The summed E-state index contributed by atoms with van der Waals surface area (Å²) in [6, 6.07) is 3.57. The van der Waals surface area contributed by atoms with E-state index in [4.69, 9.17) is 9.63 Å². The fraction of sp³-hybridized carbons (Fsp3) is 0.200. The van der Waals surface area contributed by atoms with Crippen molar-refractivity contribution in [3.05, 3.63) is 29.2 Å². The van der Waals surface area contributed by atoms with Crippen LogP contribution >= 0.6 is 0 Å². The monoisotopic (exact) mass is 219 g/mol. The summed E-state index contributed by atoms with van der Waals surface area (Å²) >= 11 is 0. The van der Waals surface area contributed by atoms with Gasteiger partial charge < -0.3 is 9.63 Å². The van der Waals surface area contributed by atoms with Gasteiger partial charge in [-0.25, -0.2) is 9.78 Å². The third kappa shape index (κ3) is 1.77. The number of carbonyl (C=O) groups is 1. The second kappa shape index (κ2) is 3.73. The number of aryl methyl sites for hydroxylation is 2. The third-order valence-corrected chi connectivity index (χ3v) is 2.19. The van der Waals surface area contributed by atoms with Crippen molar-refractivity contribution in [3.8, 4) is 11.6 Å². The van der Waals surface area contributed by atoms with Crippen LogP contribution in [0.25, 0.3) is 11.6 Å². The Labute approximate surface area is 90.9 Å². The number of carboxylic acids is 1. The predicted octanol–water partition coefficient (Wildman–Crippen LogP) is 1.45. The average Bonchev–Trinajstić information content (AvgIpc) is 2.71. The molecule has 0 saturated carbocycles. The molecule has 0 aliphatic heterocycles. The summed E-state index contributed by atoms with van der Waals surface area (Å²) in [6.45, 7) is 3.79. The molecule has 0 radical (unpaired) electrons. The van der Waals surface area contributed by atoms with Crippen molar-refractivity contribution in [2.45, 2.75) is 13.8 Å². The fourth-order valence-electron chi connectivity index (χ4n) is 1.16. The van der Waals surface area contributed by atoms with Gasteiger partial charge in [0.15, 0.2) is 0 Å². The average molecular weight is 219 g/mol. The maximum Gasteiger partial charge on any atom is 0.377 e. The van der Waals surface area contributed by atoms with E-state index < -0.39 is 5.97 Å². The fourth-order valence-corrected chi connectivity index (χ4v) is 1.16. The second-order valence-corrected chi connectivity index (χ2v) is 3.33. The molecule has 82 valence electrons. The van der Waals surface area contributed by atoms with E-state index in [9.17, 15) is 4.79 Å². The Bertz CT molecular complexity index is 548. The first-order valence-corrected chi connectivity index (χ1v) is 4.59. The molecule has 0 atom stereocenters. The van der Waals surface area contributed by atoms with Crippen molar-refractivity contribution in [2.75, 3.05) is 0 Å². The Morgan fingerprint density at radius 3 is 2.62 bits per heavy atom. The molecule has 0 aliphatic rings. The van der Waals surface area contributed by atoms with Crippen LogP contribution < -0.4 is 0 Å². The molecule has 0 saturated heterocycles. The first-order chi connectivity index (χ1) is 7.58. The molecule has 16 heavy (non-hydrogen) atoms. The standard InChI is InChI=1S/C10H9N3O3/c1-5-3-4-7(11-6(5)2)9-12-8(10(14)15)13-16-9/h3-4H,1-2H3,(H,14,15). The lowest BCUT2D eigenvalue weighted by molar-refractivity contribution is 0.0680. The maximum atomic E-state index is 10.6. The van der Waals surface area contributed by atoms with Crippen molar-refractivity contribution in [1.82, 2.24) is 15.1 Å². The van der Waals surface area contributed by atoms with E-state index >= 15 is 0 Å². The Hall–Kier alpha value is -2.24. The largest absolute Gasteiger partial charge is 0.475 e. The van der Waals surface area contributed by atoms with Crippen LogP contribution in [0.5, 0.6) is 0 Å². The molecular weight excluding hydrogens is 210 g/mol. The minimum absolute atomic E-state index is 0.112. The number of aromatic carboxylic acids is 1. The zero-order valence-corrected chi connectivity index (χ0v) is 8.76. The minimum Gasteiger partial charge on any atom is -0.475 e. The zero-order valence-electron chi connectivity index (χ0n) is 8.76. The highest BCUT2D eigenvalue weighted by atomic mass is 16.5. The summed E-state index contributed by atoms with van der Waals surface area (Å²) in [7, 11) is 0. The Morgan fingerprint density at radius 1 is 1.31 bits per heavy atom. The number of carboxylic acid groups (broad SMARTS) is 1. The van der Waals surface area contributed by atoms with E-state index in [1.807, 2.05) is 19.9 Å². The number of nitrogens with zero attached hydrogens (tertiary/aromatic N) is 3. The van der Waals surface area contributed by atoms with Crippen LogP contribution in [-0.2, 0) is 0 Å². The highest BCUT2D eigenvalue weighted by Gasteiger charge is 2.15. The van der Waals surface area contributed by atoms with E-state index in [-0.39, 0.29) is 11.7 Å². The molecule has 0 amide bonds. The smallest absolute Gasteiger partial charge is 0.377 e. The Kier molecular flexibility index (Phi) is 2.40. The van der Waals surface area contributed by atoms with Gasteiger partial charge in [-0.1, -0.05) is 6.07 Å². The lowest BCUT2D eigenvalue weighted by atomic mass is 10.2. The molecule has 1 N–H and O–H groups in total. The molecule has 2 aromatic rings. The Balaban J connectivity index is 2.42. The predicted molar refractivity (Wildman–Crippen MR) is 54.0 cm³/mol. The molecule has 6 nitrogen and oxygen atoms in total. The summed E-state index contributed by atoms with van der Waals surface area (Å²) in [4.78, 5) is 18.5. The third-order valence-electron chi connectivity index (χ3n) is 2.19. The van der Waals surface area contributed by atoms with Crippen LogP contribution in [0, 0.1) is 13.8 Å². The van der Waals surface area contributed by atoms with Gasteiger partial charge in [-0.15, -0.1) is 0 Å². The van der Waals surface area contributed by atoms with E-state index in [2.05, 4.69) is 15.1 Å². The van der Waals surface area contributed by atoms with Crippen molar-refractivity contribution < 1.29 is 14.4 Å². The lowest BCUT2D eigenvalue weighted by Gasteiger charge is -1.99. The van der Waals surface area contributed by atoms with Crippen molar-refractivity contribution in [3.63, 3.8) is 0 Å². The normalized spacial score (nSPS) is 10.4. The highest BCUT2D eigenvalue weighted by molar-refractivity contribution is 5.83. The van der Waals surface area contributed by atoms with Gasteiger partial charge in [0.05, 0.1) is 0 Å². The summed E-state index contributed by atoms with van der Waals surface area (Å²) in [5.74, 6) is -1.48. The summed E-state index contributed by atoms with van der Waals surface area (Å²) in [5, 5.41) is 12.0. The maximum absolute atomic E-state index is 10.6. The summed E-state index contributed by atoms with van der Waals surface area (Å²) in [5.41, 5.74) is 2.36. The quantitative estimate of drug-likeness (QED) is 0.822. The topological polar surface area (TPSA) is 89.1 Å². The van der Waals surface area contributed by atoms with Crippen LogP contribution in [0.4, 0.5) is 0 Å². The molecule has 0 aliphatic carbocycles. The van der Waals surface area contributed by atoms with E-state index in [0.717, 1.165) is 11.3 Å². The van der Waals surface area contributed by atoms with Crippen LogP contribution in [0.15, 0.2) is 16.7 Å². The van der Waals surface area contributed by atoms with Crippen LogP contribution in [0.1, 0.15) is 21.9 Å². The first-order valence-electron chi connectivity index (χ1n) is 4.59. The molecule has 2 rings (SSSR count). The first kappa shape index (κ1) is 10.3. The van der Waals surface area contributed by atoms with Crippen LogP contribution in [0.3, 0.4) is 0 Å². The van der Waals surface area contributed by atoms with Gasteiger partial charge in [0.2, 0.25) is 0 Å². The number of rotatable bonds is 2. The molecule has 6 heteroatoms. The molecule has 0 bridgehead atoms. The van der Waals surface area contributed by atoms with Gasteiger partial charge in [0, 0.05) is 5.69 Å². The van der Waals surface area contributed by atoms with Gasteiger partial charge in [0.1, 0.15) is 5.69 Å². The second-order valence-electron chi connectivity index (χ2n) is 3.33. The van der Waals surface area contributed by atoms with Crippen molar-refractivity contribution >= 4 is 5.97 Å². The van der Waals surface area contributed by atoms with E-state index in [1.54, 1.807) is 6.07 Å². The molecule has 0 aromatic carbocycles. The minimum atomic E-state index is -1.22. The molecule has 0 unspecified atom stereocenters. The molecule has 0 spiro atoms. The van der Waals surface area contributed by atoms with Crippen molar-refractivity contribution in [1.29, 1.82) is 0 Å². The van der Waals surface area contributed by atoms with Gasteiger partial charge in [-0.2, -0.15) is 4.98 Å². The van der Waals surface area contributed by atoms with E-state index in [1.165, 1.54) is 0 Å². The molecule has 2 heterocycles. The number of aromatic nitrogens is 3. The SMILES string of the molecule is Cc1ccc(-c2nc(C(=O)O)no2)nc1C. The summed E-state index contributed by atoms with van der Waals surface area (Å²) in [6.07, 6.45) is 0. The van der Waals surface area contributed by atoms with Crippen molar-refractivity contribution in [2.24, 2.45) is 0 Å². The van der Waals surface area contributed by atoms with Crippen LogP contribution in [0.2, 0.25) is 0 Å². The molecular formula is C10H9N3O3. The highest BCUT2D eigenvalue weighted by Crippen LogP contribution is 2.16. The number of hydrogen-bond donors (Lipinski definition) is 1. The summed E-state index contributed by atoms with van der Waals surface area (Å²) < 4.78 is 4.80. The molecule has 2 aromatic heterocycles. The number of hydrogen-bond acceptors (Lipinski definition) is 5. The number of pyridine rings is 1. The van der Waals surface area contributed by atoms with Gasteiger partial charge in [0.25, 0.3) is 11.7 Å². The van der Waals surface area contributed by atoms with Gasteiger partial charge in [-0.3, -0.25) is 0 Å². The van der Waals surface area contributed by atoms with Crippen LogP contribution in [-0.4, -0.2) is 26.2 Å². The van der Waals surface area contributed by atoms with Gasteiger partial charge in [-0.05, 0) is 30.6 Å². The van der Waals surface area contributed by atoms with E-state index in [0.29, 0.717) is 5.69 Å². The molecule has 0 fully saturated rings. The zero-order chi connectivity index (χ0) is 11.7. The Morgan fingerprint density at radius 2 is 2.06 bits per heavy atom. The lowest BCUT2D eigenvalue weighted by Crippen LogP contribution is -1.98.